The lowest BCUT2D eigenvalue weighted by molar-refractivity contribution is 0.144. The number of methoxy groups -OCH3 is 1. The van der Waals surface area contributed by atoms with Gasteiger partial charge >= 0.3 is 0 Å². The van der Waals surface area contributed by atoms with E-state index < -0.39 is 0 Å². The molecule has 94 valence electrons. The quantitative estimate of drug-likeness (QED) is 0.789. The molecule has 1 aromatic carbocycles. The Labute approximate surface area is 104 Å². The monoisotopic (exact) mass is 234 g/mol. The molecular formula is C14H22N2O. The van der Waals surface area contributed by atoms with Crippen molar-refractivity contribution in [2.24, 2.45) is 0 Å². The second-order valence-electron chi connectivity index (χ2n) is 4.66. The standard InChI is InChI=1S/C14H22N2O/c1-13-4-3-5-14(12-13)16-8-6-15(7-9-16)10-11-17-2/h3-5,12H,6-11H2,1-2H3. The zero-order chi connectivity index (χ0) is 12.1. The van der Waals surface area contributed by atoms with Gasteiger partial charge in [0.2, 0.25) is 0 Å². The maximum atomic E-state index is 5.12. The number of piperazine rings is 1. The van der Waals surface area contributed by atoms with Crippen LogP contribution in [-0.2, 0) is 4.74 Å². The van der Waals surface area contributed by atoms with Crippen LogP contribution in [0.5, 0.6) is 0 Å². The van der Waals surface area contributed by atoms with E-state index in [0.29, 0.717) is 0 Å². The van der Waals surface area contributed by atoms with Gasteiger partial charge < -0.3 is 9.64 Å². The number of ether oxygens (including phenoxy) is 1. The van der Waals surface area contributed by atoms with E-state index in [1.807, 2.05) is 0 Å². The summed E-state index contributed by atoms with van der Waals surface area (Å²) in [6.07, 6.45) is 0. The summed E-state index contributed by atoms with van der Waals surface area (Å²) >= 11 is 0. The van der Waals surface area contributed by atoms with Crippen LogP contribution in [0.3, 0.4) is 0 Å². The third-order valence-electron chi connectivity index (χ3n) is 3.35. The van der Waals surface area contributed by atoms with Gasteiger partial charge in [-0.3, -0.25) is 4.90 Å². The maximum absolute atomic E-state index is 5.12. The molecule has 0 amide bonds. The zero-order valence-corrected chi connectivity index (χ0v) is 10.9. The summed E-state index contributed by atoms with van der Waals surface area (Å²) in [7, 11) is 1.77. The predicted octanol–water partition coefficient (Wildman–Crippen LogP) is 1.76. The van der Waals surface area contributed by atoms with Gasteiger partial charge in [-0.05, 0) is 24.6 Å². The van der Waals surface area contributed by atoms with E-state index in [9.17, 15) is 0 Å². The van der Waals surface area contributed by atoms with Crippen molar-refractivity contribution in [3.05, 3.63) is 29.8 Å². The van der Waals surface area contributed by atoms with Gasteiger partial charge in [-0.15, -0.1) is 0 Å². The van der Waals surface area contributed by atoms with Gasteiger partial charge in [-0.25, -0.2) is 0 Å². The van der Waals surface area contributed by atoms with Gasteiger partial charge in [0.25, 0.3) is 0 Å². The van der Waals surface area contributed by atoms with E-state index >= 15 is 0 Å². The lowest BCUT2D eigenvalue weighted by Gasteiger charge is -2.36. The number of aryl methyl sites for hydroxylation is 1. The van der Waals surface area contributed by atoms with Crippen LogP contribution < -0.4 is 4.90 Å². The number of anilines is 1. The van der Waals surface area contributed by atoms with Crippen molar-refractivity contribution in [3.8, 4) is 0 Å². The number of hydrogen-bond acceptors (Lipinski definition) is 3. The van der Waals surface area contributed by atoms with Crippen LogP contribution in [0.15, 0.2) is 24.3 Å². The number of benzene rings is 1. The molecule has 0 saturated carbocycles. The van der Waals surface area contributed by atoms with Crippen molar-refractivity contribution in [2.75, 3.05) is 51.3 Å². The Hall–Kier alpha value is -1.06. The van der Waals surface area contributed by atoms with Crippen LogP contribution in [0.1, 0.15) is 5.56 Å². The Bertz CT molecular complexity index is 346. The molecule has 0 unspecified atom stereocenters. The van der Waals surface area contributed by atoms with E-state index in [-0.39, 0.29) is 0 Å². The normalized spacial score (nSPS) is 17.4. The highest BCUT2D eigenvalue weighted by molar-refractivity contribution is 5.48. The summed E-state index contributed by atoms with van der Waals surface area (Å²) in [5.74, 6) is 0. The van der Waals surface area contributed by atoms with Gasteiger partial charge in [0, 0.05) is 45.5 Å². The minimum atomic E-state index is 0.838. The first-order valence-electron chi connectivity index (χ1n) is 6.32. The molecule has 0 N–H and O–H groups in total. The molecule has 0 spiro atoms. The minimum absolute atomic E-state index is 0.838. The summed E-state index contributed by atoms with van der Waals surface area (Å²) in [5, 5.41) is 0. The Morgan fingerprint density at radius 3 is 2.59 bits per heavy atom. The molecule has 1 fully saturated rings. The molecule has 0 atom stereocenters. The van der Waals surface area contributed by atoms with E-state index in [2.05, 4.69) is 41.0 Å². The van der Waals surface area contributed by atoms with Gasteiger partial charge in [0.1, 0.15) is 0 Å². The first-order chi connectivity index (χ1) is 8.29. The fourth-order valence-electron chi connectivity index (χ4n) is 2.27. The summed E-state index contributed by atoms with van der Waals surface area (Å²) in [6, 6.07) is 8.77. The van der Waals surface area contributed by atoms with Crippen molar-refractivity contribution in [3.63, 3.8) is 0 Å². The smallest absolute Gasteiger partial charge is 0.0589 e. The molecule has 1 saturated heterocycles. The van der Waals surface area contributed by atoms with Crippen LogP contribution >= 0.6 is 0 Å². The first-order valence-corrected chi connectivity index (χ1v) is 6.32. The van der Waals surface area contributed by atoms with Gasteiger partial charge in [-0.2, -0.15) is 0 Å². The SMILES string of the molecule is COCCN1CCN(c2cccc(C)c2)CC1. The van der Waals surface area contributed by atoms with Crippen LogP contribution in [0.25, 0.3) is 0 Å². The average Bonchev–Trinajstić information content (AvgIpc) is 2.37. The second kappa shape index (κ2) is 6.03. The molecule has 1 heterocycles. The Morgan fingerprint density at radius 2 is 1.94 bits per heavy atom. The van der Waals surface area contributed by atoms with Crippen molar-refractivity contribution >= 4 is 5.69 Å². The highest BCUT2D eigenvalue weighted by Gasteiger charge is 2.16. The van der Waals surface area contributed by atoms with E-state index in [1.165, 1.54) is 11.3 Å². The van der Waals surface area contributed by atoms with E-state index in [0.717, 1.165) is 39.3 Å². The maximum Gasteiger partial charge on any atom is 0.0589 e. The molecule has 0 radical (unpaired) electrons. The molecule has 3 heteroatoms. The fourth-order valence-corrected chi connectivity index (χ4v) is 2.27. The number of nitrogens with zero attached hydrogens (tertiary/aromatic N) is 2. The molecule has 1 aliphatic heterocycles. The highest BCUT2D eigenvalue weighted by Crippen LogP contribution is 2.17. The highest BCUT2D eigenvalue weighted by atomic mass is 16.5. The summed E-state index contributed by atoms with van der Waals surface area (Å²) < 4.78 is 5.12. The summed E-state index contributed by atoms with van der Waals surface area (Å²) in [5.41, 5.74) is 2.70. The molecule has 3 nitrogen and oxygen atoms in total. The average molecular weight is 234 g/mol. The third-order valence-corrected chi connectivity index (χ3v) is 3.35. The molecule has 0 bridgehead atoms. The lowest BCUT2D eigenvalue weighted by Crippen LogP contribution is -2.47. The number of rotatable bonds is 4. The fraction of sp³-hybridized carbons (Fsp3) is 0.571. The molecule has 17 heavy (non-hydrogen) atoms. The molecule has 1 aromatic rings. The van der Waals surface area contributed by atoms with Crippen LogP contribution in [0.4, 0.5) is 5.69 Å². The van der Waals surface area contributed by atoms with Crippen molar-refractivity contribution in [2.45, 2.75) is 6.92 Å². The Morgan fingerprint density at radius 1 is 1.18 bits per heavy atom. The van der Waals surface area contributed by atoms with Crippen LogP contribution in [0, 0.1) is 6.92 Å². The van der Waals surface area contributed by atoms with E-state index in [4.69, 9.17) is 4.74 Å². The predicted molar refractivity (Wildman–Crippen MR) is 71.7 cm³/mol. The molecule has 0 aromatic heterocycles. The van der Waals surface area contributed by atoms with Gasteiger partial charge in [-0.1, -0.05) is 12.1 Å². The second-order valence-corrected chi connectivity index (χ2v) is 4.66. The van der Waals surface area contributed by atoms with Crippen molar-refractivity contribution in [1.29, 1.82) is 0 Å². The largest absolute Gasteiger partial charge is 0.383 e. The Balaban J connectivity index is 1.86. The minimum Gasteiger partial charge on any atom is -0.383 e. The Kier molecular flexibility index (Phi) is 4.40. The zero-order valence-electron chi connectivity index (χ0n) is 10.9. The van der Waals surface area contributed by atoms with Crippen LogP contribution in [-0.4, -0.2) is 51.3 Å². The summed E-state index contributed by atoms with van der Waals surface area (Å²) in [6.45, 7) is 8.55. The first kappa shape index (κ1) is 12.4. The topological polar surface area (TPSA) is 15.7 Å². The van der Waals surface area contributed by atoms with E-state index in [1.54, 1.807) is 7.11 Å². The van der Waals surface area contributed by atoms with Gasteiger partial charge in [0.15, 0.2) is 0 Å². The summed E-state index contributed by atoms with van der Waals surface area (Å²) in [4.78, 5) is 4.94. The number of hydrogen-bond donors (Lipinski definition) is 0. The van der Waals surface area contributed by atoms with Gasteiger partial charge in [0.05, 0.1) is 6.61 Å². The molecule has 0 aliphatic carbocycles. The van der Waals surface area contributed by atoms with Crippen molar-refractivity contribution in [1.82, 2.24) is 4.90 Å². The van der Waals surface area contributed by atoms with Crippen molar-refractivity contribution < 1.29 is 4.74 Å². The molecular weight excluding hydrogens is 212 g/mol. The lowest BCUT2D eigenvalue weighted by atomic mass is 10.2. The molecule has 1 aliphatic rings. The third kappa shape index (κ3) is 3.45. The van der Waals surface area contributed by atoms with Crippen LogP contribution in [0.2, 0.25) is 0 Å². The molecule has 2 rings (SSSR count).